The number of nitrogens with two attached hydrogens (primary N) is 1. The summed E-state index contributed by atoms with van der Waals surface area (Å²) in [4.78, 5) is 14.3. The van der Waals surface area contributed by atoms with Crippen molar-refractivity contribution in [2.75, 3.05) is 20.1 Å². The van der Waals surface area contributed by atoms with Crippen LogP contribution in [0, 0.1) is 5.92 Å². The smallest absolute Gasteiger partial charge is 0.223 e. The molecule has 1 heterocycles. The molecule has 4 nitrogen and oxygen atoms in total. The second kappa shape index (κ2) is 5.83. The monoisotopic (exact) mass is 239 g/mol. The van der Waals surface area contributed by atoms with Crippen molar-refractivity contribution in [1.29, 1.82) is 0 Å². The lowest BCUT2D eigenvalue weighted by atomic mass is 10.0. The number of nitrogens with zero attached hydrogens (tertiary/aromatic N) is 1. The molecule has 0 aromatic rings. The lowest BCUT2D eigenvalue weighted by Gasteiger charge is -2.32. The van der Waals surface area contributed by atoms with Crippen molar-refractivity contribution in [2.45, 2.75) is 50.6 Å². The van der Waals surface area contributed by atoms with Gasteiger partial charge in [-0.3, -0.25) is 4.79 Å². The molecule has 98 valence electrons. The molecule has 17 heavy (non-hydrogen) atoms. The van der Waals surface area contributed by atoms with E-state index in [0.717, 1.165) is 32.4 Å². The lowest BCUT2D eigenvalue weighted by molar-refractivity contribution is -0.125. The molecule has 1 aliphatic heterocycles. The number of amides is 1. The summed E-state index contributed by atoms with van der Waals surface area (Å²) in [6.07, 6.45) is 6.62. The van der Waals surface area contributed by atoms with Gasteiger partial charge in [0.25, 0.3) is 0 Å². The van der Waals surface area contributed by atoms with Gasteiger partial charge in [-0.1, -0.05) is 6.42 Å². The number of likely N-dealkylation sites (tertiary alicyclic amines) is 1. The first-order chi connectivity index (χ1) is 8.16. The van der Waals surface area contributed by atoms with Crippen molar-refractivity contribution in [3.05, 3.63) is 0 Å². The summed E-state index contributed by atoms with van der Waals surface area (Å²) in [6, 6.07) is 0.769. The van der Waals surface area contributed by atoms with E-state index < -0.39 is 0 Å². The fourth-order valence-electron chi connectivity index (χ4n) is 3.02. The van der Waals surface area contributed by atoms with Crippen molar-refractivity contribution >= 4 is 5.91 Å². The number of likely N-dealkylation sites (N-methyl/N-ethyl adjacent to an activating group) is 1. The second-order valence-electron chi connectivity index (χ2n) is 5.65. The molecule has 0 bridgehead atoms. The van der Waals surface area contributed by atoms with Gasteiger partial charge in [0.2, 0.25) is 5.91 Å². The fourth-order valence-corrected chi connectivity index (χ4v) is 3.02. The molecule has 0 aromatic heterocycles. The molecule has 2 fully saturated rings. The average molecular weight is 239 g/mol. The Bertz CT molecular complexity index is 269. The van der Waals surface area contributed by atoms with E-state index >= 15 is 0 Å². The van der Waals surface area contributed by atoms with Gasteiger partial charge < -0.3 is 16.0 Å². The van der Waals surface area contributed by atoms with E-state index in [2.05, 4.69) is 17.3 Å². The average Bonchev–Trinajstić information content (AvgIpc) is 2.74. The van der Waals surface area contributed by atoms with Crippen LogP contribution in [-0.2, 0) is 4.79 Å². The van der Waals surface area contributed by atoms with Crippen LogP contribution in [0.15, 0.2) is 0 Å². The zero-order valence-corrected chi connectivity index (χ0v) is 10.8. The number of carbonyl (C=O) groups excluding carboxylic acids is 1. The maximum Gasteiger partial charge on any atom is 0.223 e. The third kappa shape index (κ3) is 3.42. The Morgan fingerprint density at radius 1 is 1.35 bits per heavy atom. The van der Waals surface area contributed by atoms with Crippen molar-refractivity contribution < 1.29 is 4.79 Å². The Hall–Kier alpha value is -0.610. The first-order valence-corrected chi connectivity index (χ1v) is 6.90. The minimum Gasteiger partial charge on any atom is -0.354 e. The van der Waals surface area contributed by atoms with E-state index in [1.54, 1.807) is 0 Å². The summed E-state index contributed by atoms with van der Waals surface area (Å²) in [6.45, 7) is 1.97. The molecule has 2 rings (SSSR count). The van der Waals surface area contributed by atoms with Crippen molar-refractivity contribution in [3.8, 4) is 0 Å². The number of carbonyl (C=O) groups is 1. The van der Waals surface area contributed by atoms with Gasteiger partial charge >= 0.3 is 0 Å². The Labute approximate surface area is 104 Å². The summed E-state index contributed by atoms with van der Waals surface area (Å²) in [7, 11) is 2.15. The summed E-state index contributed by atoms with van der Waals surface area (Å²) < 4.78 is 0. The van der Waals surface area contributed by atoms with Gasteiger partial charge in [0.1, 0.15) is 0 Å². The summed E-state index contributed by atoms with van der Waals surface area (Å²) >= 11 is 0. The molecule has 4 heteroatoms. The van der Waals surface area contributed by atoms with E-state index in [4.69, 9.17) is 5.73 Å². The predicted octanol–water partition coefficient (Wildman–Crippen LogP) is 0.714. The first kappa shape index (κ1) is 12.8. The molecule has 3 N–H and O–H groups in total. The summed E-state index contributed by atoms with van der Waals surface area (Å²) in [5.41, 5.74) is 5.84. The van der Waals surface area contributed by atoms with Gasteiger partial charge in [0, 0.05) is 24.5 Å². The lowest BCUT2D eigenvalue weighted by Crippen LogP contribution is -2.45. The summed E-state index contributed by atoms with van der Waals surface area (Å²) in [5.74, 6) is 0.385. The Morgan fingerprint density at radius 3 is 2.82 bits per heavy atom. The molecule has 3 unspecified atom stereocenters. The van der Waals surface area contributed by atoms with Gasteiger partial charge in [0.05, 0.1) is 0 Å². The molecule has 1 saturated carbocycles. The van der Waals surface area contributed by atoms with E-state index in [0.29, 0.717) is 6.04 Å². The van der Waals surface area contributed by atoms with Crippen LogP contribution in [0.5, 0.6) is 0 Å². The van der Waals surface area contributed by atoms with E-state index in [1.165, 1.54) is 19.3 Å². The maximum atomic E-state index is 12.0. The molecule has 0 radical (unpaired) electrons. The third-order valence-corrected chi connectivity index (χ3v) is 4.28. The highest BCUT2D eigenvalue weighted by molar-refractivity contribution is 5.79. The SMILES string of the molecule is CN1CCCCC1CNC(=O)C1CCC(N)C1. The predicted molar refractivity (Wildman–Crippen MR) is 68.6 cm³/mol. The van der Waals surface area contributed by atoms with Gasteiger partial charge in [-0.15, -0.1) is 0 Å². The normalized spacial score (nSPS) is 34.8. The van der Waals surface area contributed by atoms with Crippen LogP contribution in [0.25, 0.3) is 0 Å². The maximum absolute atomic E-state index is 12.0. The second-order valence-corrected chi connectivity index (χ2v) is 5.65. The highest BCUT2D eigenvalue weighted by Crippen LogP contribution is 2.24. The van der Waals surface area contributed by atoms with Gasteiger partial charge in [-0.2, -0.15) is 0 Å². The number of nitrogens with one attached hydrogen (secondary N) is 1. The molecule has 0 aromatic carbocycles. The first-order valence-electron chi connectivity index (χ1n) is 6.90. The van der Waals surface area contributed by atoms with Crippen molar-refractivity contribution in [1.82, 2.24) is 10.2 Å². The van der Waals surface area contributed by atoms with Crippen LogP contribution in [0.3, 0.4) is 0 Å². The Balaban J connectivity index is 1.72. The largest absolute Gasteiger partial charge is 0.354 e. The molecule has 3 atom stereocenters. The molecule has 1 saturated heterocycles. The Morgan fingerprint density at radius 2 is 2.18 bits per heavy atom. The topological polar surface area (TPSA) is 58.4 Å². The van der Waals surface area contributed by atoms with Crippen LogP contribution < -0.4 is 11.1 Å². The van der Waals surface area contributed by atoms with Crippen LogP contribution >= 0.6 is 0 Å². The molecule has 1 aliphatic carbocycles. The van der Waals surface area contributed by atoms with Crippen LogP contribution in [0.1, 0.15) is 38.5 Å². The molecular formula is C13H25N3O. The standard InChI is InChI=1S/C13H25N3O/c1-16-7-3-2-4-12(16)9-15-13(17)10-5-6-11(14)8-10/h10-12H,2-9,14H2,1H3,(H,15,17). The van der Waals surface area contributed by atoms with Crippen LogP contribution in [0.4, 0.5) is 0 Å². The molecule has 1 amide bonds. The molecule has 0 spiro atoms. The fraction of sp³-hybridized carbons (Fsp3) is 0.923. The number of hydrogen-bond donors (Lipinski definition) is 2. The number of piperidine rings is 1. The van der Waals surface area contributed by atoms with Gasteiger partial charge in [-0.25, -0.2) is 0 Å². The zero-order valence-electron chi connectivity index (χ0n) is 10.8. The Kier molecular flexibility index (Phi) is 4.40. The van der Waals surface area contributed by atoms with Gasteiger partial charge in [-0.05, 0) is 45.7 Å². The van der Waals surface area contributed by atoms with Crippen molar-refractivity contribution in [2.24, 2.45) is 11.7 Å². The van der Waals surface area contributed by atoms with Gasteiger partial charge in [0.15, 0.2) is 0 Å². The van der Waals surface area contributed by atoms with E-state index in [-0.39, 0.29) is 17.9 Å². The molecular weight excluding hydrogens is 214 g/mol. The number of hydrogen-bond acceptors (Lipinski definition) is 3. The quantitative estimate of drug-likeness (QED) is 0.763. The molecule has 2 aliphatic rings. The highest BCUT2D eigenvalue weighted by atomic mass is 16.1. The van der Waals surface area contributed by atoms with Crippen LogP contribution in [-0.4, -0.2) is 43.0 Å². The van der Waals surface area contributed by atoms with E-state index in [9.17, 15) is 4.79 Å². The van der Waals surface area contributed by atoms with Crippen LogP contribution in [0.2, 0.25) is 0 Å². The number of rotatable bonds is 3. The minimum atomic E-state index is 0.166. The zero-order chi connectivity index (χ0) is 12.3. The van der Waals surface area contributed by atoms with Crippen molar-refractivity contribution in [3.63, 3.8) is 0 Å². The minimum absolute atomic E-state index is 0.166. The highest BCUT2D eigenvalue weighted by Gasteiger charge is 2.28. The van der Waals surface area contributed by atoms with E-state index in [1.807, 2.05) is 0 Å². The third-order valence-electron chi connectivity index (χ3n) is 4.28. The summed E-state index contributed by atoms with van der Waals surface area (Å²) in [5, 5.41) is 3.11.